The molecule has 1 saturated carbocycles. The van der Waals surface area contributed by atoms with E-state index >= 15 is 0 Å². The van der Waals surface area contributed by atoms with Crippen molar-refractivity contribution in [3.63, 3.8) is 0 Å². The van der Waals surface area contributed by atoms with Gasteiger partial charge >= 0.3 is 0 Å². The zero-order chi connectivity index (χ0) is 11.9. The van der Waals surface area contributed by atoms with Gasteiger partial charge in [-0.2, -0.15) is 0 Å². The predicted molar refractivity (Wildman–Crippen MR) is 63.0 cm³/mol. The molecule has 2 aliphatic rings. The standard InChI is InChI=1S/C14H17F2N/c15-14(16)9-13(10-14)6-7-17-12(8-13)11-4-2-1-3-5-11/h1-5,12,17H,6-10H2. The molecule has 2 fully saturated rings. The minimum atomic E-state index is -2.40. The van der Waals surface area contributed by atoms with Crippen molar-refractivity contribution >= 4 is 0 Å². The highest BCUT2D eigenvalue weighted by Gasteiger charge is 2.57. The summed E-state index contributed by atoms with van der Waals surface area (Å²) in [5, 5.41) is 3.44. The Morgan fingerprint density at radius 2 is 1.82 bits per heavy atom. The fourth-order valence-corrected chi connectivity index (χ4v) is 3.41. The van der Waals surface area contributed by atoms with Crippen LogP contribution >= 0.6 is 0 Å². The van der Waals surface area contributed by atoms with Crippen LogP contribution in [-0.2, 0) is 0 Å². The number of nitrogens with one attached hydrogen (secondary N) is 1. The van der Waals surface area contributed by atoms with Gasteiger partial charge in [0, 0.05) is 18.9 Å². The Morgan fingerprint density at radius 3 is 2.47 bits per heavy atom. The van der Waals surface area contributed by atoms with Gasteiger partial charge in [-0.1, -0.05) is 30.3 Å². The smallest absolute Gasteiger partial charge is 0.249 e. The minimum absolute atomic E-state index is 0.0883. The maximum atomic E-state index is 13.1. The van der Waals surface area contributed by atoms with E-state index in [0.29, 0.717) is 0 Å². The molecule has 3 heteroatoms. The maximum absolute atomic E-state index is 13.1. The van der Waals surface area contributed by atoms with Crippen molar-refractivity contribution in [2.24, 2.45) is 5.41 Å². The first-order valence-corrected chi connectivity index (χ1v) is 6.25. The zero-order valence-electron chi connectivity index (χ0n) is 9.76. The van der Waals surface area contributed by atoms with E-state index < -0.39 is 5.92 Å². The molecule has 1 N–H and O–H groups in total. The van der Waals surface area contributed by atoms with Gasteiger partial charge in [0.1, 0.15) is 0 Å². The van der Waals surface area contributed by atoms with Gasteiger partial charge in [-0.3, -0.25) is 0 Å². The third-order valence-corrected chi connectivity index (χ3v) is 4.15. The molecular formula is C14H17F2N. The third-order valence-electron chi connectivity index (χ3n) is 4.15. The minimum Gasteiger partial charge on any atom is -0.310 e. The van der Waals surface area contributed by atoms with Crippen LogP contribution in [0.3, 0.4) is 0 Å². The van der Waals surface area contributed by atoms with Crippen LogP contribution in [0.5, 0.6) is 0 Å². The Labute approximate surface area is 100 Å². The lowest BCUT2D eigenvalue weighted by Crippen LogP contribution is -2.52. The van der Waals surface area contributed by atoms with Gasteiger partial charge in [-0.15, -0.1) is 0 Å². The molecule has 1 aromatic rings. The van der Waals surface area contributed by atoms with Crippen molar-refractivity contribution in [1.29, 1.82) is 0 Å². The molecular weight excluding hydrogens is 220 g/mol. The zero-order valence-corrected chi connectivity index (χ0v) is 9.76. The SMILES string of the molecule is FC1(F)CC2(CCNC(c3ccccc3)C2)C1. The van der Waals surface area contributed by atoms with Crippen LogP contribution in [-0.4, -0.2) is 12.5 Å². The number of rotatable bonds is 1. The predicted octanol–water partition coefficient (Wildman–Crippen LogP) is 3.53. The Kier molecular flexibility index (Phi) is 2.47. The number of benzene rings is 1. The quantitative estimate of drug-likeness (QED) is 0.788. The molecule has 0 aromatic heterocycles. The lowest BCUT2D eigenvalue weighted by molar-refractivity contribution is -0.174. The van der Waals surface area contributed by atoms with Gasteiger partial charge in [-0.25, -0.2) is 8.78 Å². The Bertz CT molecular complexity index is 394. The summed E-state index contributed by atoms with van der Waals surface area (Å²) in [4.78, 5) is 0. The summed E-state index contributed by atoms with van der Waals surface area (Å²) in [6, 6.07) is 10.4. The first kappa shape index (κ1) is 11.1. The molecule has 1 atom stereocenters. The highest BCUT2D eigenvalue weighted by Crippen LogP contribution is 2.58. The summed E-state index contributed by atoms with van der Waals surface area (Å²) in [6.07, 6.45) is 1.93. The second-order valence-corrected chi connectivity index (χ2v) is 5.58. The molecule has 92 valence electrons. The van der Waals surface area contributed by atoms with Crippen LogP contribution in [0.4, 0.5) is 8.78 Å². The maximum Gasteiger partial charge on any atom is 0.249 e. The molecule has 1 unspecified atom stereocenters. The fraction of sp³-hybridized carbons (Fsp3) is 0.571. The number of hydrogen-bond acceptors (Lipinski definition) is 1. The molecule has 0 amide bonds. The summed E-state index contributed by atoms with van der Waals surface area (Å²) in [5.74, 6) is -2.40. The van der Waals surface area contributed by atoms with E-state index in [2.05, 4.69) is 17.4 Å². The number of hydrogen-bond donors (Lipinski definition) is 1. The Morgan fingerprint density at radius 1 is 1.12 bits per heavy atom. The van der Waals surface area contributed by atoms with Crippen LogP contribution in [0.2, 0.25) is 0 Å². The summed E-state index contributed by atoms with van der Waals surface area (Å²) in [6.45, 7) is 0.857. The summed E-state index contributed by atoms with van der Waals surface area (Å²) in [5.41, 5.74) is 1.12. The largest absolute Gasteiger partial charge is 0.310 e. The Hall–Kier alpha value is -0.960. The van der Waals surface area contributed by atoms with Gasteiger partial charge in [-0.05, 0) is 30.4 Å². The van der Waals surface area contributed by atoms with Crippen LogP contribution in [0, 0.1) is 5.41 Å². The number of piperidine rings is 1. The first-order valence-electron chi connectivity index (χ1n) is 6.25. The van der Waals surface area contributed by atoms with E-state index in [1.165, 1.54) is 5.56 Å². The molecule has 17 heavy (non-hydrogen) atoms. The first-order chi connectivity index (χ1) is 8.09. The highest BCUT2D eigenvalue weighted by atomic mass is 19.3. The van der Waals surface area contributed by atoms with Crippen molar-refractivity contribution in [3.8, 4) is 0 Å². The molecule has 1 aliphatic heterocycles. The van der Waals surface area contributed by atoms with E-state index in [4.69, 9.17) is 0 Å². The lowest BCUT2D eigenvalue weighted by atomic mass is 9.59. The molecule has 1 nitrogen and oxygen atoms in total. The molecule has 1 heterocycles. The fourth-order valence-electron chi connectivity index (χ4n) is 3.41. The average molecular weight is 237 g/mol. The van der Waals surface area contributed by atoms with Gasteiger partial charge < -0.3 is 5.32 Å². The summed E-state index contributed by atoms with van der Waals surface area (Å²) < 4.78 is 26.2. The van der Waals surface area contributed by atoms with Crippen LogP contribution in [0.15, 0.2) is 30.3 Å². The Balaban J connectivity index is 1.73. The van der Waals surface area contributed by atoms with Crippen LogP contribution in [0.1, 0.15) is 37.3 Å². The average Bonchev–Trinajstić information content (AvgIpc) is 2.28. The molecule has 1 saturated heterocycles. The third kappa shape index (κ3) is 2.08. The van der Waals surface area contributed by atoms with Crippen molar-refractivity contribution in [2.45, 2.75) is 37.6 Å². The van der Waals surface area contributed by atoms with Gasteiger partial charge in [0.05, 0.1) is 0 Å². The topological polar surface area (TPSA) is 12.0 Å². The van der Waals surface area contributed by atoms with Gasteiger partial charge in [0.15, 0.2) is 0 Å². The number of alkyl halides is 2. The van der Waals surface area contributed by atoms with Crippen LogP contribution in [0.25, 0.3) is 0 Å². The monoisotopic (exact) mass is 237 g/mol. The van der Waals surface area contributed by atoms with Crippen molar-refractivity contribution < 1.29 is 8.78 Å². The molecule has 0 radical (unpaired) electrons. The molecule has 3 rings (SSSR count). The van der Waals surface area contributed by atoms with Crippen molar-refractivity contribution in [3.05, 3.63) is 35.9 Å². The highest BCUT2D eigenvalue weighted by molar-refractivity contribution is 5.21. The van der Waals surface area contributed by atoms with Gasteiger partial charge in [0.25, 0.3) is 0 Å². The summed E-state index contributed by atoms with van der Waals surface area (Å²) >= 11 is 0. The van der Waals surface area contributed by atoms with Crippen molar-refractivity contribution in [1.82, 2.24) is 5.32 Å². The molecule has 0 bridgehead atoms. The number of halogens is 2. The molecule has 1 aromatic carbocycles. The summed E-state index contributed by atoms with van der Waals surface area (Å²) in [7, 11) is 0. The van der Waals surface area contributed by atoms with E-state index in [-0.39, 0.29) is 24.3 Å². The molecule has 1 aliphatic carbocycles. The van der Waals surface area contributed by atoms with Crippen molar-refractivity contribution in [2.75, 3.05) is 6.54 Å². The van der Waals surface area contributed by atoms with E-state index in [1.807, 2.05) is 18.2 Å². The van der Waals surface area contributed by atoms with E-state index in [0.717, 1.165) is 19.4 Å². The normalized spacial score (nSPS) is 29.9. The van der Waals surface area contributed by atoms with Gasteiger partial charge in [0.2, 0.25) is 5.92 Å². The van der Waals surface area contributed by atoms with E-state index in [1.54, 1.807) is 0 Å². The van der Waals surface area contributed by atoms with E-state index in [9.17, 15) is 8.78 Å². The van der Waals surface area contributed by atoms with Crippen LogP contribution < -0.4 is 5.32 Å². The second kappa shape index (κ2) is 3.77. The second-order valence-electron chi connectivity index (χ2n) is 5.58. The molecule has 1 spiro atoms. The lowest BCUT2D eigenvalue weighted by Gasteiger charge is -2.52.